The molecular weight excluding hydrogens is 1280 g/mol. The third-order valence-corrected chi connectivity index (χ3v) is 20.7. The van der Waals surface area contributed by atoms with Crippen LogP contribution < -0.4 is 0 Å². The van der Waals surface area contributed by atoms with Gasteiger partial charge in [-0.15, -0.1) is 0 Å². The number of phosphoric ester groups is 2. The number of rotatable bonds is 78. The summed E-state index contributed by atoms with van der Waals surface area (Å²) in [5, 5.41) is 10.6. The largest absolute Gasteiger partial charge is 0.472 e. The SMILES string of the molecule is CCCCCCCCCCCCCCCCCCCCCCCCC(=O)O[C@H](COC(=O)CCCCCCCCCCCCCC(C)C)COP(=O)(O)OC[C@@H](O)COP(=O)(O)OC[C@@H](COC(=O)CCCCCCCCCC)OC(=O)CCCCCCCCCCCCC(C)CC. The molecule has 0 rings (SSSR count). The molecular formula is C79H154O17P2. The molecule has 0 aliphatic heterocycles. The van der Waals surface area contributed by atoms with E-state index in [1.807, 2.05) is 0 Å². The normalized spacial score (nSPS) is 14.2. The predicted molar refractivity (Wildman–Crippen MR) is 400 cm³/mol. The summed E-state index contributed by atoms with van der Waals surface area (Å²) < 4.78 is 68.6. The third-order valence-electron chi connectivity index (χ3n) is 18.8. The molecule has 0 aromatic heterocycles. The lowest BCUT2D eigenvalue weighted by atomic mass is 9.99. The van der Waals surface area contributed by atoms with Crippen LogP contribution in [0.15, 0.2) is 0 Å². The molecule has 0 heterocycles. The van der Waals surface area contributed by atoms with Gasteiger partial charge in [0.15, 0.2) is 12.2 Å². The zero-order chi connectivity index (χ0) is 72.1. The van der Waals surface area contributed by atoms with Crippen molar-refractivity contribution in [1.29, 1.82) is 0 Å². The number of aliphatic hydroxyl groups is 1. The molecule has 3 unspecified atom stereocenters. The van der Waals surface area contributed by atoms with Crippen LogP contribution in [-0.2, 0) is 65.4 Å². The van der Waals surface area contributed by atoms with Gasteiger partial charge in [0.1, 0.15) is 19.3 Å². The van der Waals surface area contributed by atoms with Gasteiger partial charge in [-0.1, -0.05) is 363 Å². The van der Waals surface area contributed by atoms with Gasteiger partial charge in [0.05, 0.1) is 26.4 Å². The Morgan fingerprint density at radius 3 is 0.776 bits per heavy atom. The summed E-state index contributed by atoms with van der Waals surface area (Å²) in [6, 6.07) is 0. The van der Waals surface area contributed by atoms with Crippen LogP contribution >= 0.6 is 15.6 Å². The van der Waals surface area contributed by atoms with E-state index in [1.165, 1.54) is 225 Å². The second-order valence-electron chi connectivity index (χ2n) is 29.2. The van der Waals surface area contributed by atoms with E-state index < -0.39 is 97.5 Å². The molecule has 0 spiro atoms. The first kappa shape index (κ1) is 96.1. The molecule has 0 aromatic rings. The first-order valence-corrected chi connectivity index (χ1v) is 44.0. The Morgan fingerprint density at radius 1 is 0.296 bits per heavy atom. The Balaban J connectivity index is 5.18. The van der Waals surface area contributed by atoms with Gasteiger partial charge in [0.25, 0.3) is 0 Å². The number of hydrogen-bond donors (Lipinski definition) is 3. The number of hydrogen-bond acceptors (Lipinski definition) is 15. The summed E-state index contributed by atoms with van der Waals surface area (Å²) in [7, 11) is -9.91. The van der Waals surface area contributed by atoms with Crippen LogP contribution in [0.5, 0.6) is 0 Å². The van der Waals surface area contributed by atoms with Crippen LogP contribution in [0.2, 0.25) is 0 Å². The molecule has 0 amide bonds. The molecule has 0 bridgehead atoms. The van der Waals surface area contributed by atoms with Gasteiger partial charge in [0.2, 0.25) is 0 Å². The predicted octanol–water partition coefficient (Wildman–Crippen LogP) is 23.5. The average molecular weight is 1440 g/mol. The topological polar surface area (TPSA) is 237 Å². The van der Waals surface area contributed by atoms with Crippen molar-refractivity contribution >= 4 is 39.5 Å². The summed E-state index contributed by atoms with van der Waals surface area (Å²) in [5.74, 6) is -0.541. The molecule has 0 aliphatic rings. The maximum Gasteiger partial charge on any atom is 0.472 e. The van der Waals surface area contributed by atoms with Crippen LogP contribution in [0, 0.1) is 11.8 Å². The van der Waals surface area contributed by atoms with Gasteiger partial charge in [-0.25, -0.2) is 9.13 Å². The number of aliphatic hydroxyl groups excluding tert-OH is 1. The fourth-order valence-corrected chi connectivity index (χ4v) is 13.7. The molecule has 98 heavy (non-hydrogen) atoms. The van der Waals surface area contributed by atoms with E-state index in [0.717, 1.165) is 108 Å². The van der Waals surface area contributed by atoms with Crippen molar-refractivity contribution < 1.29 is 80.2 Å². The number of carbonyl (C=O) groups is 4. The van der Waals surface area contributed by atoms with E-state index in [1.54, 1.807) is 0 Å². The van der Waals surface area contributed by atoms with Crippen molar-refractivity contribution in [3.05, 3.63) is 0 Å². The highest BCUT2D eigenvalue weighted by Gasteiger charge is 2.30. The van der Waals surface area contributed by atoms with E-state index in [9.17, 15) is 43.2 Å². The smallest absolute Gasteiger partial charge is 0.462 e. The minimum Gasteiger partial charge on any atom is -0.462 e. The number of carbonyl (C=O) groups excluding carboxylic acids is 4. The third kappa shape index (κ3) is 71.1. The molecule has 0 aliphatic carbocycles. The van der Waals surface area contributed by atoms with Crippen LogP contribution in [0.3, 0.4) is 0 Å². The van der Waals surface area contributed by atoms with Gasteiger partial charge < -0.3 is 33.8 Å². The van der Waals surface area contributed by atoms with Crippen LogP contribution in [0.1, 0.15) is 414 Å². The molecule has 0 aromatic carbocycles. The second kappa shape index (κ2) is 70.7. The van der Waals surface area contributed by atoms with Gasteiger partial charge in [-0.2, -0.15) is 0 Å². The number of phosphoric acid groups is 2. The Hall–Kier alpha value is -1.94. The van der Waals surface area contributed by atoms with Crippen molar-refractivity contribution in [3.8, 4) is 0 Å². The zero-order valence-electron chi connectivity index (χ0n) is 64.1. The maximum absolute atomic E-state index is 13.1. The quantitative estimate of drug-likeness (QED) is 0.0222. The van der Waals surface area contributed by atoms with Gasteiger partial charge in [-0.05, 0) is 37.5 Å². The van der Waals surface area contributed by atoms with Gasteiger partial charge in [0, 0.05) is 25.7 Å². The molecule has 0 fully saturated rings. The minimum absolute atomic E-state index is 0.106. The number of ether oxygens (including phenoxy) is 4. The molecule has 0 saturated carbocycles. The summed E-state index contributed by atoms with van der Waals surface area (Å²) in [4.78, 5) is 72.8. The highest BCUT2D eigenvalue weighted by molar-refractivity contribution is 7.47. The molecule has 582 valence electrons. The maximum atomic E-state index is 13.1. The van der Waals surface area contributed by atoms with Crippen molar-refractivity contribution in [3.63, 3.8) is 0 Å². The Kier molecular flexibility index (Phi) is 69.3. The molecule has 19 heteroatoms. The molecule has 0 saturated heterocycles. The lowest BCUT2D eigenvalue weighted by Crippen LogP contribution is -2.30. The van der Waals surface area contributed by atoms with E-state index in [-0.39, 0.29) is 25.7 Å². The molecule has 0 radical (unpaired) electrons. The van der Waals surface area contributed by atoms with E-state index in [4.69, 9.17) is 37.0 Å². The first-order valence-electron chi connectivity index (χ1n) is 41.0. The van der Waals surface area contributed by atoms with Crippen molar-refractivity contribution in [2.75, 3.05) is 39.6 Å². The van der Waals surface area contributed by atoms with Crippen molar-refractivity contribution in [1.82, 2.24) is 0 Å². The number of unbranched alkanes of at least 4 members (excludes halogenated alkanes) is 47. The van der Waals surface area contributed by atoms with E-state index in [0.29, 0.717) is 25.7 Å². The van der Waals surface area contributed by atoms with Crippen molar-refractivity contribution in [2.45, 2.75) is 432 Å². The molecule has 3 N–H and O–H groups in total. The van der Waals surface area contributed by atoms with E-state index in [2.05, 4.69) is 41.5 Å². The Morgan fingerprint density at radius 2 is 0.520 bits per heavy atom. The Labute approximate surface area is 600 Å². The highest BCUT2D eigenvalue weighted by atomic mass is 31.2. The van der Waals surface area contributed by atoms with Crippen LogP contribution in [0.4, 0.5) is 0 Å². The van der Waals surface area contributed by atoms with Crippen molar-refractivity contribution in [2.24, 2.45) is 11.8 Å². The van der Waals surface area contributed by atoms with E-state index >= 15 is 0 Å². The number of esters is 4. The monoisotopic (exact) mass is 1440 g/mol. The summed E-state index contributed by atoms with van der Waals surface area (Å²) in [5.41, 5.74) is 0. The first-order chi connectivity index (χ1) is 47.4. The minimum atomic E-state index is -4.96. The fraction of sp³-hybridized carbons (Fsp3) is 0.949. The zero-order valence-corrected chi connectivity index (χ0v) is 65.9. The highest BCUT2D eigenvalue weighted by Crippen LogP contribution is 2.45. The lowest BCUT2D eigenvalue weighted by molar-refractivity contribution is -0.161. The standard InChI is InChI=1S/C79H154O17P2/c1-7-10-12-14-16-18-19-20-21-22-23-24-25-26-27-28-29-32-39-45-51-57-63-78(83)96-75(68-90-77(82)62-56-50-44-38-33-30-31-36-41-47-53-59-71(4)5)70-94-98(87,88)92-66-73(80)65-91-97(85,86)93-69-74(67-89-76(81)61-55-49-43-17-15-13-11-8-2)95-79(84)64-58-52-46-40-35-34-37-42-48-54-60-72(6)9-3/h71-75,80H,7-70H2,1-6H3,(H,85,86)(H,87,88)/t72?,73-,74+,75+/m0/s1. The Bertz CT molecular complexity index is 1890. The van der Waals surface area contributed by atoms with Gasteiger partial charge >= 0.3 is 39.5 Å². The summed E-state index contributed by atoms with van der Waals surface area (Å²) in [6.45, 7) is 9.61. The average Bonchev–Trinajstić information content (AvgIpc) is 1.33. The molecule has 17 nitrogen and oxygen atoms in total. The summed E-state index contributed by atoms with van der Waals surface area (Å²) in [6.07, 6.45) is 59.8. The summed E-state index contributed by atoms with van der Waals surface area (Å²) >= 11 is 0. The fourth-order valence-electron chi connectivity index (χ4n) is 12.2. The van der Waals surface area contributed by atoms with Gasteiger partial charge in [-0.3, -0.25) is 37.3 Å². The van der Waals surface area contributed by atoms with Crippen LogP contribution in [0.25, 0.3) is 0 Å². The molecule has 6 atom stereocenters. The lowest BCUT2D eigenvalue weighted by Gasteiger charge is -2.21. The second-order valence-corrected chi connectivity index (χ2v) is 32.1. The van der Waals surface area contributed by atoms with Crippen LogP contribution in [-0.4, -0.2) is 96.7 Å².